The number of pyridine rings is 1. The Hall–Kier alpha value is -2.14. The van der Waals surface area contributed by atoms with E-state index in [4.69, 9.17) is 9.84 Å². The molecule has 3 aromatic heterocycles. The molecule has 1 saturated heterocycles. The van der Waals surface area contributed by atoms with E-state index in [1.54, 1.807) is 0 Å². The van der Waals surface area contributed by atoms with Gasteiger partial charge in [0.05, 0.1) is 12.3 Å². The van der Waals surface area contributed by atoms with Gasteiger partial charge in [-0.25, -0.2) is 4.98 Å². The summed E-state index contributed by atoms with van der Waals surface area (Å²) < 4.78 is 7.84. The van der Waals surface area contributed by atoms with E-state index >= 15 is 0 Å². The van der Waals surface area contributed by atoms with Gasteiger partial charge < -0.3 is 9.72 Å². The molecule has 124 valence electrons. The lowest BCUT2D eigenvalue weighted by molar-refractivity contribution is 0.193. The number of ether oxygens (including phenoxy) is 1. The molecular formula is C19H22N4O. The summed E-state index contributed by atoms with van der Waals surface area (Å²) in [6, 6.07) is 4.46. The van der Waals surface area contributed by atoms with Crippen LogP contribution in [0.25, 0.3) is 22.3 Å². The van der Waals surface area contributed by atoms with Crippen LogP contribution in [0.2, 0.25) is 0 Å². The molecule has 5 rings (SSSR count). The molecule has 1 aliphatic heterocycles. The lowest BCUT2D eigenvalue weighted by Gasteiger charge is -2.10. The van der Waals surface area contributed by atoms with E-state index in [1.807, 2.05) is 12.4 Å². The van der Waals surface area contributed by atoms with Gasteiger partial charge in [0.1, 0.15) is 5.65 Å². The summed E-state index contributed by atoms with van der Waals surface area (Å²) in [5.74, 6) is 1.29. The molecule has 0 amide bonds. The molecule has 1 atom stereocenters. The van der Waals surface area contributed by atoms with Crippen LogP contribution in [0, 0.1) is 12.8 Å². The Bertz CT molecular complexity index is 884. The van der Waals surface area contributed by atoms with Gasteiger partial charge in [-0.3, -0.25) is 4.68 Å². The van der Waals surface area contributed by atoms with Gasteiger partial charge in [0.2, 0.25) is 0 Å². The second-order valence-electron chi connectivity index (χ2n) is 7.23. The highest BCUT2D eigenvalue weighted by Gasteiger charge is 2.28. The number of fused-ring (bicyclic) bond motifs is 1. The fraction of sp³-hybridized carbons (Fsp3) is 0.474. The molecule has 0 radical (unpaired) electrons. The van der Waals surface area contributed by atoms with Crippen molar-refractivity contribution in [2.45, 2.75) is 38.6 Å². The molecule has 1 unspecified atom stereocenters. The van der Waals surface area contributed by atoms with E-state index < -0.39 is 0 Å². The topological polar surface area (TPSA) is 55.7 Å². The molecule has 1 saturated carbocycles. The molecule has 0 aromatic carbocycles. The standard InChI is InChI=1S/C19H22N4O/c1-12-8-20-19-16(12)6-15(9-21-19)17-7-18(14-4-5-24-11-14)23(22-17)10-13-2-3-13/h6-9,13-14H,2-5,10-11H2,1H3,(H,20,21). The predicted octanol–water partition coefficient (Wildman–Crippen LogP) is 3.65. The van der Waals surface area contributed by atoms with Gasteiger partial charge >= 0.3 is 0 Å². The van der Waals surface area contributed by atoms with Crippen molar-refractivity contribution in [2.75, 3.05) is 13.2 Å². The number of hydrogen-bond acceptors (Lipinski definition) is 3. The van der Waals surface area contributed by atoms with Crippen molar-refractivity contribution in [1.29, 1.82) is 0 Å². The minimum atomic E-state index is 0.482. The number of nitrogens with one attached hydrogen (secondary N) is 1. The van der Waals surface area contributed by atoms with E-state index in [0.717, 1.165) is 49.0 Å². The van der Waals surface area contributed by atoms with Crippen LogP contribution in [0.4, 0.5) is 0 Å². The van der Waals surface area contributed by atoms with E-state index in [-0.39, 0.29) is 0 Å². The minimum absolute atomic E-state index is 0.482. The fourth-order valence-corrected chi connectivity index (χ4v) is 3.63. The number of aryl methyl sites for hydroxylation is 1. The van der Waals surface area contributed by atoms with Crippen LogP contribution >= 0.6 is 0 Å². The maximum atomic E-state index is 5.61. The second kappa shape index (κ2) is 5.45. The summed E-state index contributed by atoms with van der Waals surface area (Å²) in [4.78, 5) is 7.77. The van der Waals surface area contributed by atoms with Crippen LogP contribution in [-0.2, 0) is 11.3 Å². The molecule has 2 fully saturated rings. The van der Waals surface area contributed by atoms with Gasteiger partial charge in [0.25, 0.3) is 0 Å². The highest BCUT2D eigenvalue weighted by Crippen LogP contribution is 2.35. The summed E-state index contributed by atoms with van der Waals surface area (Å²) in [5, 5.41) is 6.11. The highest BCUT2D eigenvalue weighted by molar-refractivity contribution is 5.83. The Morgan fingerprint density at radius 3 is 3.00 bits per heavy atom. The fourth-order valence-electron chi connectivity index (χ4n) is 3.63. The third kappa shape index (κ3) is 2.44. The second-order valence-corrected chi connectivity index (χ2v) is 7.23. The Kier molecular flexibility index (Phi) is 3.23. The molecule has 5 nitrogen and oxygen atoms in total. The van der Waals surface area contributed by atoms with Crippen molar-refractivity contribution in [3.8, 4) is 11.3 Å². The van der Waals surface area contributed by atoms with Crippen LogP contribution in [0.1, 0.15) is 36.4 Å². The summed E-state index contributed by atoms with van der Waals surface area (Å²) in [7, 11) is 0. The van der Waals surface area contributed by atoms with Crippen LogP contribution in [0.5, 0.6) is 0 Å². The molecule has 24 heavy (non-hydrogen) atoms. The number of H-pyrrole nitrogens is 1. The van der Waals surface area contributed by atoms with Crippen molar-refractivity contribution in [1.82, 2.24) is 19.7 Å². The smallest absolute Gasteiger partial charge is 0.137 e. The monoisotopic (exact) mass is 322 g/mol. The van der Waals surface area contributed by atoms with Crippen molar-refractivity contribution < 1.29 is 4.74 Å². The Morgan fingerprint density at radius 2 is 2.21 bits per heavy atom. The van der Waals surface area contributed by atoms with Crippen molar-refractivity contribution in [3.63, 3.8) is 0 Å². The normalized spacial score (nSPS) is 21.0. The van der Waals surface area contributed by atoms with Crippen LogP contribution in [0.3, 0.4) is 0 Å². The summed E-state index contributed by atoms with van der Waals surface area (Å²) in [5.41, 5.74) is 5.63. The quantitative estimate of drug-likeness (QED) is 0.797. The lowest BCUT2D eigenvalue weighted by atomic mass is 10.0. The van der Waals surface area contributed by atoms with E-state index in [1.165, 1.54) is 29.5 Å². The molecule has 0 spiro atoms. The van der Waals surface area contributed by atoms with E-state index in [2.05, 4.69) is 33.7 Å². The van der Waals surface area contributed by atoms with Gasteiger partial charge in [0.15, 0.2) is 0 Å². The minimum Gasteiger partial charge on any atom is -0.381 e. The van der Waals surface area contributed by atoms with Gasteiger partial charge in [-0.15, -0.1) is 0 Å². The first kappa shape index (κ1) is 14.2. The van der Waals surface area contributed by atoms with Crippen LogP contribution in [0.15, 0.2) is 24.5 Å². The SMILES string of the molecule is Cc1c[nH]c2ncc(-c3cc(C4CCOC4)n(CC4CC4)n3)cc12. The Morgan fingerprint density at radius 1 is 1.29 bits per heavy atom. The molecule has 1 N–H and O–H groups in total. The van der Waals surface area contributed by atoms with Gasteiger partial charge in [-0.05, 0) is 49.8 Å². The van der Waals surface area contributed by atoms with Crippen molar-refractivity contribution in [2.24, 2.45) is 5.92 Å². The summed E-state index contributed by atoms with van der Waals surface area (Å²) in [6.45, 7) is 4.84. The molecular weight excluding hydrogens is 300 g/mol. The highest BCUT2D eigenvalue weighted by atomic mass is 16.5. The molecule has 2 aliphatic rings. The maximum absolute atomic E-state index is 5.61. The number of aromatic nitrogens is 4. The van der Waals surface area contributed by atoms with Crippen LogP contribution < -0.4 is 0 Å². The first-order valence-corrected chi connectivity index (χ1v) is 8.87. The predicted molar refractivity (Wildman–Crippen MR) is 93.0 cm³/mol. The zero-order valence-corrected chi connectivity index (χ0v) is 14.0. The molecule has 0 bridgehead atoms. The number of nitrogens with zero attached hydrogens (tertiary/aromatic N) is 3. The average molecular weight is 322 g/mol. The van der Waals surface area contributed by atoms with E-state index in [9.17, 15) is 0 Å². The van der Waals surface area contributed by atoms with Gasteiger partial charge in [-0.2, -0.15) is 5.10 Å². The number of rotatable bonds is 4. The third-order valence-corrected chi connectivity index (χ3v) is 5.32. The maximum Gasteiger partial charge on any atom is 0.137 e. The first-order valence-electron chi connectivity index (χ1n) is 8.87. The van der Waals surface area contributed by atoms with Crippen molar-refractivity contribution >= 4 is 11.0 Å². The van der Waals surface area contributed by atoms with Crippen molar-refractivity contribution in [3.05, 3.63) is 35.8 Å². The van der Waals surface area contributed by atoms with Gasteiger partial charge in [-0.1, -0.05) is 0 Å². The molecule has 5 heteroatoms. The zero-order valence-electron chi connectivity index (χ0n) is 14.0. The summed E-state index contributed by atoms with van der Waals surface area (Å²) in [6.07, 6.45) is 7.72. The van der Waals surface area contributed by atoms with E-state index in [0.29, 0.717) is 5.92 Å². The first-order chi connectivity index (χ1) is 11.8. The molecule has 4 heterocycles. The Labute approximate surface area is 141 Å². The summed E-state index contributed by atoms with van der Waals surface area (Å²) >= 11 is 0. The number of hydrogen-bond donors (Lipinski definition) is 1. The average Bonchev–Trinajstić information content (AvgIpc) is 3.01. The van der Waals surface area contributed by atoms with Crippen LogP contribution in [-0.4, -0.2) is 33.0 Å². The number of aromatic amines is 1. The van der Waals surface area contributed by atoms with Gasteiger partial charge in [0, 0.05) is 48.1 Å². The lowest BCUT2D eigenvalue weighted by Crippen LogP contribution is -2.10. The zero-order chi connectivity index (χ0) is 16.1. The largest absolute Gasteiger partial charge is 0.381 e. The molecule has 1 aliphatic carbocycles. The Balaban J connectivity index is 1.56. The third-order valence-electron chi connectivity index (χ3n) is 5.32. The molecule has 3 aromatic rings.